The van der Waals surface area contributed by atoms with Crippen molar-refractivity contribution in [1.82, 2.24) is 9.80 Å². The Morgan fingerprint density at radius 2 is 1.71 bits per heavy atom. The molecule has 0 aliphatic carbocycles. The summed E-state index contributed by atoms with van der Waals surface area (Å²) in [6.45, 7) is 3.95. The lowest BCUT2D eigenvalue weighted by Crippen LogP contribution is -2.47. The molecule has 2 aromatic carbocycles. The van der Waals surface area contributed by atoms with Crippen LogP contribution in [0.5, 0.6) is 0 Å². The van der Waals surface area contributed by atoms with Crippen molar-refractivity contribution in [2.24, 2.45) is 4.99 Å². The minimum absolute atomic E-state index is 0.228. The first-order valence-electron chi connectivity index (χ1n) is 9.07. The number of piperazine rings is 1. The summed E-state index contributed by atoms with van der Waals surface area (Å²) in [5.74, 6) is -0.906. The van der Waals surface area contributed by atoms with Crippen LogP contribution >= 0.6 is 11.8 Å². The van der Waals surface area contributed by atoms with Gasteiger partial charge < -0.3 is 4.90 Å². The molecule has 0 saturated carbocycles. The Labute approximate surface area is 166 Å². The number of amides is 1. The maximum atomic E-state index is 13.8. The van der Waals surface area contributed by atoms with Crippen LogP contribution in [0, 0.1) is 11.6 Å². The fourth-order valence-electron chi connectivity index (χ4n) is 3.21. The van der Waals surface area contributed by atoms with E-state index in [4.69, 9.17) is 0 Å². The SMILES string of the molecule is O=C1N=C(N2CCN(Cc3ccc(F)cc3)CC2)S/C1=C/c1ccccc1F. The molecule has 0 bridgehead atoms. The van der Waals surface area contributed by atoms with Crippen LogP contribution in [0.3, 0.4) is 0 Å². The molecule has 2 aliphatic rings. The first kappa shape index (κ1) is 18.8. The molecule has 0 aromatic heterocycles. The van der Waals surface area contributed by atoms with E-state index in [2.05, 4.69) is 14.8 Å². The Kier molecular flexibility index (Phi) is 5.54. The molecular formula is C21H19F2N3OS. The summed E-state index contributed by atoms with van der Waals surface area (Å²) >= 11 is 1.30. The number of hydrogen-bond donors (Lipinski definition) is 0. The molecule has 0 radical (unpaired) electrons. The molecule has 4 rings (SSSR count). The van der Waals surface area contributed by atoms with Crippen LogP contribution in [-0.2, 0) is 11.3 Å². The number of benzene rings is 2. The second kappa shape index (κ2) is 8.24. The number of carbonyl (C=O) groups is 1. The van der Waals surface area contributed by atoms with Gasteiger partial charge in [0.05, 0.1) is 4.91 Å². The molecule has 1 amide bonds. The molecule has 2 aliphatic heterocycles. The molecule has 28 heavy (non-hydrogen) atoms. The molecule has 4 nitrogen and oxygen atoms in total. The normalized spacial score (nSPS) is 19.4. The van der Waals surface area contributed by atoms with Gasteiger partial charge in [-0.1, -0.05) is 30.3 Å². The Balaban J connectivity index is 1.35. The van der Waals surface area contributed by atoms with Crippen molar-refractivity contribution in [3.8, 4) is 0 Å². The fraction of sp³-hybridized carbons (Fsp3) is 0.238. The molecule has 0 unspecified atom stereocenters. The predicted molar refractivity (Wildman–Crippen MR) is 108 cm³/mol. The number of carbonyl (C=O) groups excluding carboxylic acids is 1. The third-order valence-corrected chi connectivity index (χ3v) is 5.81. The quantitative estimate of drug-likeness (QED) is 0.737. The van der Waals surface area contributed by atoms with Gasteiger partial charge in [0, 0.05) is 38.3 Å². The number of thioether (sulfide) groups is 1. The van der Waals surface area contributed by atoms with E-state index in [1.165, 1.54) is 30.0 Å². The Hall–Kier alpha value is -2.51. The Morgan fingerprint density at radius 3 is 2.43 bits per heavy atom. The van der Waals surface area contributed by atoms with E-state index in [9.17, 15) is 13.6 Å². The molecule has 7 heteroatoms. The summed E-state index contributed by atoms with van der Waals surface area (Å²) in [6.07, 6.45) is 1.56. The predicted octanol–water partition coefficient (Wildman–Crippen LogP) is 3.75. The molecule has 2 aromatic rings. The van der Waals surface area contributed by atoms with E-state index < -0.39 is 0 Å². The number of halogens is 2. The maximum absolute atomic E-state index is 13.8. The zero-order valence-corrected chi connectivity index (χ0v) is 16.0. The van der Waals surface area contributed by atoms with Crippen LogP contribution < -0.4 is 0 Å². The number of amidine groups is 1. The summed E-state index contributed by atoms with van der Waals surface area (Å²) in [4.78, 5) is 21.2. The van der Waals surface area contributed by atoms with E-state index >= 15 is 0 Å². The van der Waals surface area contributed by atoms with Gasteiger partial charge >= 0.3 is 0 Å². The average molecular weight is 399 g/mol. The van der Waals surface area contributed by atoms with Gasteiger partial charge in [0.15, 0.2) is 5.17 Å². The monoisotopic (exact) mass is 399 g/mol. The lowest BCUT2D eigenvalue weighted by atomic mass is 10.2. The largest absolute Gasteiger partial charge is 0.348 e. The lowest BCUT2D eigenvalue weighted by molar-refractivity contribution is -0.113. The number of rotatable bonds is 3. The third kappa shape index (κ3) is 4.31. The zero-order chi connectivity index (χ0) is 19.5. The smallest absolute Gasteiger partial charge is 0.286 e. The minimum atomic E-state index is -0.355. The summed E-state index contributed by atoms with van der Waals surface area (Å²) in [5.41, 5.74) is 1.46. The molecule has 2 heterocycles. The highest BCUT2D eigenvalue weighted by Crippen LogP contribution is 2.31. The van der Waals surface area contributed by atoms with Crippen LogP contribution in [0.2, 0.25) is 0 Å². The van der Waals surface area contributed by atoms with Crippen LogP contribution in [0.1, 0.15) is 11.1 Å². The van der Waals surface area contributed by atoms with Crippen molar-refractivity contribution < 1.29 is 13.6 Å². The van der Waals surface area contributed by atoms with Crippen LogP contribution in [-0.4, -0.2) is 47.1 Å². The van der Waals surface area contributed by atoms with Crippen LogP contribution in [0.4, 0.5) is 8.78 Å². The summed E-state index contributed by atoms with van der Waals surface area (Å²) in [6, 6.07) is 12.9. The average Bonchev–Trinajstić information content (AvgIpc) is 3.06. The van der Waals surface area contributed by atoms with Gasteiger partial charge in [-0.05, 0) is 41.6 Å². The summed E-state index contributed by atoms with van der Waals surface area (Å²) in [7, 11) is 0. The molecule has 144 valence electrons. The molecule has 0 N–H and O–H groups in total. The highest BCUT2D eigenvalue weighted by molar-refractivity contribution is 8.18. The standard InChI is InChI=1S/C21H19F2N3OS/c22-17-7-5-15(6-8-17)14-25-9-11-26(12-10-25)21-24-20(27)19(28-21)13-16-3-1-2-4-18(16)23/h1-8,13H,9-12,14H2/b19-13+. The van der Waals surface area contributed by atoms with E-state index in [-0.39, 0.29) is 17.5 Å². The van der Waals surface area contributed by atoms with Gasteiger partial charge in [-0.15, -0.1) is 0 Å². The number of hydrogen-bond acceptors (Lipinski definition) is 4. The number of aliphatic imine (C=N–C) groups is 1. The van der Waals surface area contributed by atoms with Gasteiger partial charge in [0.2, 0.25) is 0 Å². The Morgan fingerprint density at radius 1 is 1.00 bits per heavy atom. The molecule has 0 spiro atoms. The topological polar surface area (TPSA) is 35.9 Å². The third-order valence-electron chi connectivity index (χ3n) is 4.76. The molecule has 0 atom stereocenters. The van der Waals surface area contributed by atoms with Gasteiger partial charge in [0.25, 0.3) is 5.91 Å². The van der Waals surface area contributed by atoms with Crippen molar-refractivity contribution in [2.45, 2.75) is 6.54 Å². The van der Waals surface area contributed by atoms with Gasteiger partial charge in [-0.2, -0.15) is 4.99 Å². The minimum Gasteiger partial charge on any atom is -0.348 e. The highest BCUT2D eigenvalue weighted by atomic mass is 32.2. The first-order chi connectivity index (χ1) is 13.6. The van der Waals surface area contributed by atoms with Crippen molar-refractivity contribution in [1.29, 1.82) is 0 Å². The van der Waals surface area contributed by atoms with Gasteiger partial charge in [0.1, 0.15) is 11.6 Å². The maximum Gasteiger partial charge on any atom is 0.286 e. The van der Waals surface area contributed by atoms with E-state index in [0.29, 0.717) is 15.6 Å². The van der Waals surface area contributed by atoms with Crippen molar-refractivity contribution in [2.75, 3.05) is 26.2 Å². The van der Waals surface area contributed by atoms with E-state index in [1.807, 2.05) is 0 Å². The van der Waals surface area contributed by atoms with Gasteiger partial charge in [-0.3, -0.25) is 9.69 Å². The summed E-state index contributed by atoms with van der Waals surface area (Å²) < 4.78 is 26.9. The molecule has 1 saturated heterocycles. The summed E-state index contributed by atoms with van der Waals surface area (Å²) in [5, 5.41) is 0.675. The van der Waals surface area contributed by atoms with Crippen molar-refractivity contribution >= 4 is 28.9 Å². The molecule has 1 fully saturated rings. The zero-order valence-electron chi connectivity index (χ0n) is 15.1. The Bertz CT molecular complexity index is 935. The number of nitrogens with zero attached hydrogens (tertiary/aromatic N) is 3. The highest BCUT2D eigenvalue weighted by Gasteiger charge is 2.28. The van der Waals surface area contributed by atoms with Gasteiger partial charge in [-0.25, -0.2) is 8.78 Å². The van der Waals surface area contributed by atoms with Crippen LogP contribution in [0.15, 0.2) is 58.4 Å². The second-order valence-corrected chi connectivity index (χ2v) is 7.73. The lowest BCUT2D eigenvalue weighted by Gasteiger charge is -2.35. The van der Waals surface area contributed by atoms with Crippen molar-refractivity contribution in [3.05, 3.63) is 76.2 Å². The first-order valence-corrected chi connectivity index (χ1v) is 9.89. The fourth-order valence-corrected chi connectivity index (χ4v) is 4.17. The van der Waals surface area contributed by atoms with Crippen LogP contribution in [0.25, 0.3) is 6.08 Å². The van der Waals surface area contributed by atoms with E-state index in [0.717, 1.165) is 38.3 Å². The molecular weight excluding hydrogens is 380 g/mol. The van der Waals surface area contributed by atoms with Crippen molar-refractivity contribution in [3.63, 3.8) is 0 Å². The van der Waals surface area contributed by atoms with E-state index in [1.54, 1.807) is 36.4 Å². The second-order valence-electron chi connectivity index (χ2n) is 6.72.